The van der Waals surface area contributed by atoms with Crippen LogP contribution in [0.3, 0.4) is 0 Å². The number of carboxylic acid groups (broad SMARTS) is 1. The number of rotatable bonds is 3. The Morgan fingerprint density at radius 3 is 2.32 bits per heavy atom. The highest BCUT2D eigenvalue weighted by atomic mass is 16.7. The number of aliphatic carboxylic acids is 1. The first-order valence-corrected chi connectivity index (χ1v) is 15.9. The number of hydrogen-bond donors (Lipinski definition) is 7. The fourth-order valence-corrected chi connectivity index (χ4v) is 5.85. The zero-order valence-electron chi connectivity index (χ0n) is 26.4. The van der Waals surface area contributed by atoms with Crippen molar-refractivity contribution in [3.05, 3.63) is 60.8 Å². The van der Waals surface area contributed by atoms with Crippen LogP contribution in [-0.4, -0.2) is 122 Å². The second-order valence-corrected chi connectivity index (χ2v) is 12.6. The van der Waals surface area contributed by atoms with E-state index >= 15 is 0 Å². The zero-order chi connectivity index (χ0) is 34.3. The van der Waals surface area contributed by atoms with Gasteiger partial charge in [0.15, 0.2) is 12.1 Å². The van der Waals surface area contributed by atoms with Crippen molar-refractivity contribution in [3.8, 4) is 0 Å². The molecule has 4 rings (SSSR count). The number of carboxylic acids is 1. The van der Waals surface area contributed by atoms with Gasteiger partial charge in [-0.3, -0.25) is 4.79 Å². The SMILES string of the molecule is C[C@H]1/C=C/C=C/C=C/C=C/[C@H](O[C@@H]2OC[C@@H](O)[C@H](N)[C@@H]2O)C[C@@H]2O[C@](O)(C[C@@H](O)C[C@H]3O[C@@H]3/C=C/C(=O)O[C@@H]1C)C[C@H](O)[C@H]2C(=O)O. The van der Waals surface area contributed by atoms with Gasteiger partial charge in [-0.15, -0.1) is 0 Å². The van der Waals surface area contributed by atoms with Crippen molar-refractivity contribution in [3.63, 3.8) is 0 Å². The van der Waals surface area contributed by atoms with Crippen molar-refractivity contribution in [2.75, 3.05) is 6.61 Å². The largest absolute Gasteiger partial charge is 0.481 e. The molecule has 0 amide bonds. The van der Waals surface area contributed by atoms with Crippen LogP contribution in [0.4, 0.5) is 0 Å². The summed E-state index contributed by atoms with van der Waals surface area (Å²) in [7, 11) is 0. The van der Waals surface area contributed by atoms with Gasteiger partial charge in [-0.2, -0.15) is 0 Å². The third-order valence-electron chi connectivity index (χ3n) is 8.76. The lowest BCUT2D eigenvalue weighted by atomic mass is 9.83. The first kappa shape index (κ1) is 37.1. The topological polar surface area (TPSA) is 231 Å². The van der Waals surface area contributed by atoms with Crippen LogP contribution < -0.4 is 5.73 Å². The molecule has 0 unspecified atom stereocenters. The molecule has 4 aliphatic rings. The van der Waals surface area contributed by atoms with E-state index in [9.17, 15) is 40.2 Å². The lowest BCUT2D eigenvalue weighted by Gasteiger charge is -2.44. The number of ether oxygens (including phenoxy) is 5. The Labute approximate surface area is 273 Å². The summed E-state index contributed by atoms with van der Waals surface area (Å²) in [6.45, 7) is 3.50. The highest BCUT2D eigenvalue weighted by molar-refractivity contribution is 5.82. The fraction of sp³-hybridized carbons (Fsp3) is 0.636. The van der Waals surface area contributed by atoms with Gasteiger partial charge in [-0.25, -0.2) is 4.79 Å². The first-order chi connectivity index (χ1) is 22.3. The predicted octanol–water partition coefficient (Wildman–Crippen LogP) is -0.0228. The zero-order valence-corrected chi connectivity index (χ0v) is 26.4. The Morgan fingerprint density at radius 1 is 0.936 bits per heavy atom. The summed E-state index contributed by atoms with van der Waals surface area (Å²) in [6, 6.07) is -1.06. The number of nitrogens with two attached hydrogens (primary N) is 1. The third kappa shape index (κ3) is 10.6. The lowest BCUT2D eigenvalue weighted by molar-refractivity contribution is -0.305. The number of carbonyl (C=O) groups excluding carboxylic acids is 1. The molecular weight excluding hydrogens is 618 g/mol. The Balaban J connectivity index is 1.58. The van der Waals surface area contributed by atoms with Gasteiger partial charge in [0.05, 0.1) is 49.3 Å². The fourth-order valence-electron chi connectivity index (χ4n) is 5.85. The molecule has 0 aromatic carbocycles. The number of allylic oxidation sites excluding steroid dienone is 6. The summed E-state index contributed by atoms with van der Waals surface area (Å²) >= 11 is 0. The van der Waals surface area contributed by atoms with Gasteiger partial charge in [-0.05, 0) is 13.0 Å². The normalized spacial score (nSPS) is 47.2. The summed E-state index contributed by atoms with van der Waals surface area (Å²) in [5, 5.41) is 63.5. The van der Waals surface area contributed by atoms with Gasteiger partial charge < -0.3 is 60.1 Å². The summed E-state index contributed by atoms with van der Waals surface area (Å²) in [5.74, 6) is -5.52. The van der Waals surface area contributed by atoms with E-state index in [-0.39, 0.29) is 31.8 Å². The molecule has 2 bridgehead atoms. The second-order valence-electron chi connectivity index (χ2n) is 12.6. The highest BCUT2D eigenvalue weighted by Crippen LogP contribution is 2.39. The van der Waals surface area contributed by atoms with E-state index in [4.69, 9.17) is 29.4 Å². The Kier molecular flexibility index (Phi) is 13.1. The summed E-state index contributed by atoms with van der Waals surface area (Å²) in [5.41, 5.74) is 5.89. The molecule has 14 atom stereocenters. The molecule has 3 saturated heterocycles. The molecule has 14 nitrogen and oxygen atoms in total. The second kappa shape index (κ2) is 16.6. The molecule has 47 heavy (non-hydrogen) atoms. The van der Waals surface area contributed by atoms with E-state index in [1.54, 1.807) is 43.4 Å². The van der Waals surface area contributed by atoms with Gasteiger partial charge in [0.25, 0.3) is 0 Å². The number of carbonyl (C=O) groups is 2. The lowest BCUT2D eigenvalue weighted by Crippen LogP contribution is -2.59. The molecule has 3 fully saturated rings. The first-order valence-electron chi connectivity index (χ1n) is 15.9. The van der Waals surface area contributed by atoms with Crippen molar-refractivity contribution in [2.45, 2.75) is 113 Å². The molecule has 0 aromatic rings. The highest BCUT2D eigenvalue weighted by Gasteiger charge is 2.51. The number of epoxide rings is 1. The van der Waals surface area contributed by atoms with Crippen molar-refractivity contribution < 1.29 is 63.9 Å². The average Bonchev–Trinajstić information content (AvgIpc) is 3.73. The molecule has 4 aliphatic heterocycles. The number of aliphatic hydroxyl groups excluding tert-OH is 4. The minimum Gasteiger partial charge on any atom is -0.481 e. The van der Waals surface area contributed by atoms with Gasteiger partial charge in [0.1, 0.15) is 24.2 Å². The van der Waals surface area contributed by atoms with Gasteiger partial charge in [-0.1, -0.05) is 55.5 Å². The van der Waals surface area contributed by atoms with Crippen LogP contribution in [0.2, 0.25) is 0 Å². The van der Waals surface area contributed by atoms with Crippen molar-refractivity contribution in [2.24, 2.45) is 17.6 Å². The van der Waals surface area contributed by atoms with E-state index in [0.29, 0.717) is 0 Å². The molecule has 262 valence electrons. The number of esters is 1. The summed E-state index contributed by atoms with van der Waals surface area (Å²) < 4.78 is 28.4. The third-order valence-corrected chi connectivity index (χ3v) is 8.76. The van der Waals surface area contributed by atoms with Crippen LogP contribution >= 0.6 is 0 Å². The standard InChI is InChI=1S/C33H47NO13/c1-18-9-7-5-3-4-6-8-10-21(45-32-30(39)29(34)23(37)17-43-32)14-26-28(31(40)41)22(36)16-33(42,47-26)15-20(35)13-25-24(46-25)11-12-27(38)44-19(18)2/h3-12,18-26,28-30,32,35-37,39,42H,13-17,34H2,1-2H3,(H,40,41)/b5-3+,6-4+,9-7+,10-8+,12-11+/t18-,19+,20-,21-,22-,23+,24+,25+,26-,28+,29-,30-,32-,33+/m0/s1. The monoisotopic (exact) mass is 665 g/mol. The number of aliphatic hydroxyl groups is 5. The maximum atomic E-state index is 12.3. The Hall–Kier alpha value is -2.76. The van der Waals surface area contributed by atoms with Gasteiger partial charge in [0.2, 0.25) is 0 Å². The maximum absolute atomic E-state index is 12.3. The Morgan fingerprint density at radius 2 is 1.62 bits per heavy atom. The van der Waals surface area contributed by atoms with E-state index in [2.05, 4.69) is 0 Å². The molecule has 4 heterocycles. The van der Waals surface area contributed by atoms with Gasteiger partial charge in [0, 0.05) is 37.7 Å². The number of hydrogen-bond acceptors (Lipinski definition) is 13. The van der Waals surface area contributed by atoms with Crippen LogP contribution in [0.25, 0.3) is 0 Å². The van der Waals surface area contributed by atoms with Crippen LogP contribution in [0.15, 0.2) is 60.8 Å². The molecule has 0 saturated carbocycles. The van der Waals surface area contributed by atoms with E-state index in [1.807, 2.05) is 19.1 Å². The van der Waals surface area contributed by atoms with Crippen LogP contribution in [-0.2, 0) is 33.3 Å². The summed E-state index contributed by atoms with van der Waals surface area (Å²) in [4.78, 5) is 24.5. The smallest absolute Gasteiger partial charge is 0.330 e. The molecule has 14 heteroatoms. The molecule has 0 aromatic heterocycles. The van der Waals surface area contributed by atoms with Crippen molar-refractivity contribution in [1.82, 2.24) is 0 Å². The predicted molar refractivity (Wildman–Crippen MR) is 165 cm³/mol. The molecule has 0 spiro atoms. The molecular formula is C33H47NO13. The maximum Gasteiger partial charge on any atom is 0.330 e. The quantitative estimate of drug-likeness (QED) is 0.155. The van der Waals surface area contributed by atoms with Gasteiger partial charge >= 0.3 is 11.9 Å². The number of cyclic esters (lactones) is 1. The van der Waals surface area contributed by atoms with E-state index in [0.717, 1.165) is 0 Å². The van der Waals surface area contributed by atoms with E-state index in [1.165, 1.54) is 12.2 Å². The van der Waals surface area contributed by atoms with E-state index < -0.39 is 97.3 Å². The Bertz CT molecular complexity index is 1220. The molecule has 0 radical (unpaired) electrons. The minimum absolute atomic E-state index is 0.0726. The van der Waals surface area contributed by atoms with Crippen LogP contribution in [0, 0.1) is 11.8 Å². The molecule has 0 aliphatic carbocycles. The number of fused-ring (bicyclic) bond motifs is 3. The van der Waals surface area contributed by atoms with Crippen molar-refractivity contribution >= 4 is 11.9 Å². The molecule has 8 N–H and O–H groups in total. The minimum atomic E-state index is -2.10. The van der Waals surface area contributed by atoms with Crippen molar-refractivity contribution in [1.29, 1.82) is 0 Å². The van der Waals surface area contributed by atoms with Crippen LogP contribution in [0.5, 0.6) is 0 Å². The summed E-state index contributed by atoms with van der Waals surface area (Å²) in [6.07, 6.45) is 5.66. The average molecular weight is 666 g/mol. The van der Waals surface area contributed by atoms with Crippen LogP contribution in [0.1, 0.15) is 39.5 Å².